The lowest BCUT2D eigenvalue weighted by Gasteiger charge is -2.36. The Morgan fingerprint density at radius 3 is 2.58 bits per heavy atom. The summed E-state index contributed by atoms with van der Waals surface area (Å²) in [5.74, 6) is -0.395. The van der Waals surface area contributed by atoms with Crippen molar-refractivity contribution in [1.82, 2.24) is 20.0 Å². The molecule has 1 saturated heterocycles. The summed E-state index contributed by atoms with van der Waals surface area (Å²) in [4.78, 5) is 50.5. The first kappa shape index (κ1) is 22.5. The summed E-state index contributed by atoms with van der Waals surface area (Å²) in [6.45, 7) is 4.88. The number of amides is 5. The second-order valence-corrected chi connectivity index (χ2v) is 8.80. The van der Waals surface area contributed by atoms with Gasteiger partial charge < -0.3 is 16.0 Å². The number of benzene rings is 1. The van der Waals surface area contributed by atoms with Crippen LogP contribution in [0.1, 0.15) is 45.2 Å². The molecule has 1 aliphatic heterocycles. The van der Waals surface area contributed by atoms with E-state index in [0.29, 0.717) is 23.6 Å². The van der Waals surface area contributed by atoms with E-state index < -0.39 is 17.5 Å². The summed E-state index contributed by atoms with van der Waals surface area (Å²) in [6, 6.07) is 8.13. The van der Waals surface area contributed by atoms with Crippen LogP contribution in [0.15, 0.2) is 30.3 Å². The van der Waals surface area contributed by atoms with Gasteiger partial charge in [0.25, 0.3) is 5.91 Å². The molecule has 1 spiro atoms. The molecule has 2 aliphatic rings. The highest BCUT2D eigenvalue weighted by molar-refractivity contribution is 6.10. The largest absolute Gasteiger partial charge is 0.325 e. The van der Waals surface area contributed by atoms with Gasteiger partial charge in [0, 0.05) is 18.7 Å². The van der Waals surface area contributed by atoms with Crippen molar-refractivity contribution in [2.75, 3.05) is 17.2 Å². The van der Waals surface area contributed by atoms with Crippen LogP contribution in [0.2, 0.25) is 0 Å². The van der Waals surface area contributed by atoms with Crippen molar-refractivity contribution in [3.63, 3.8) is 0 Å². The number of imide groups is 1. The number of rotatable bonds is 5. The number of nitrogens with one attached hydrogen (secondary N) is 3. The molecule has 2 fully saturated rings. The van der Waals surface area contributed by atoms with E-state index in [2.05, 4.69) is 21.0 Å². The van der Waals surface area contributed by atoms with E-state index in [9.17, 15) is 19.2 Å². The van der Waals surface area contributed by atoms with Crippen LogP contribution in [0, 0.1) is 12.8 Å². The van der Waals surface area contributed by atoms with Crippen LogP contribution < -0.4 is 16.0 Å². The second kappa shape index (κ2) is 8.68. The monoisotopic (exact) mass is 452 g/mol. The average molecular weight is 453 g/mol. The lowest BCUT2D eigenvalue weighted by Crippen LogP contribution is -2.54. The van der Waals surface area contributed by atoms with Crippen molar-refractivity contribution in [1.29, 1.82) is 0 Å². The molecule has 1 aromatic heterocycles. The molecule has 2 aromatic rings. The number of urea groups is 1. The van der Waals surface area contributed by atoms with Gasteiger partial charge in [-0.2, -0.15) is 5.10 Å². The minimum atomic E-state index is -0.884. The molecule has 2 heterocycles. The molecule has 2 atom stereocenters. The van der Waals surface area contributed by atoms with Gasteiger partial charge in [-0.25, -0.2) is 9.48 Å². The molecule has 0 radical (unpaired) electrons. The molecule has 1 aliphatic carbocycles. The molecule has 10 heteroatoms. The third-order valence-electron chi connectivity index (χ3n) is 6.33. The Morgan fingerprint density at radius 1 is 1.18 bits per heavy atom. The van der Waals surface area contributed by atoms with Crippen molar-refractivity contribution in [3.05, 3.63) is 36.0 Å². The Bertz CT molecular complexity index is 1110. The molecule has 4 rings (SSSR count). The van der Waals surface area contributed by atoms with Gasteiger partial charge in [0.15, 0.2) is 0 Å². The minimum Gasteiger partial charge on any atom is -0.325 e. The fraction of sp³-hybridized carbons (Fsp3) is 0.435. The van der Waals surface area contributed by atoms with Gasteiger partial charge in [-0.1, -0.05) is 19.8 Å². The van der Waals surface area contributed by atoms with E-state index in [1.807, 2.05) is 13.8 Å². The van der Waals surface area contributed by atoms with Gasteiger partial charge in [-0.15, -0.1) is 0 Å². The van der Waals surface area contributed by atoms with Crippen LogP contribution in [0.4, 0.5) is 16.3 Å². The van der Waals surface area contributed by atoms with E-state index in [1.165, 1.54) is 6.92 Å². The molecule has 1 saturated carbocycles. The van der Waals surface area contributed by atoms with E-state index >= 15 is 0 Å². The summed E-state index contributed by atoms with van der Waals surface area (Å²) in [5.41, 5.74) is 1.08. The molecule has 33 heavy (non-hydrogen) atoms. The highest BCUT2D eigenvalue weighted by Crippen LogP contribution is 2.38. The summed E-state index contributed by atoms with van der Waals surface area (Å²) < 4.78 is 1.60. The zero-order chi connectivity index (χ0) is 23.8. The lowest BCUT2D eigenvalue weighted by atomic mass is 9.73. The predicted molar refractivity (Wildman–Crippen MR) is 122 cm³/mol. The topological polar surface area (TPSA) is 125 Å². The van der Waals surface area contributed by atoms with Gasteiger partial charge in [0.05, 0.1) is 11.4 Å². The molecule has 5 amide bonds. The average Bonchev–Trinajstić information content (AvgIpc) is 3.23. The number of hydrogen-bond acceptors (Lipinski definition) is 5. The standard InChI is InChI=1S/C23H28N6O4/c1-14-6-4-5-11-23(14)21(32)28(22(33)26-23)13-20(31)25-17-7-9-18(10-8-17)29-19(24-16(3)30)12-15(2)27-29/h7-10,12,14H,4-6,11,13H2,1-3H3,(H,24,30)(H,25,31)(H,26,33)/t14-,23-/m0/s1. The van der Waals surface area contributed by atoms with Crippen molar-refractivity contribution in [2.24, 2.45) is 5.92 Å². The number of nitrogens with zero attached hydrogens (tertiary/aromatic N) is 3. The van der Waals surface area contributed by atoms with Gasteiger partial charge in [-0.05, 0) is 49.9 Å². The van der Waals surface area contributed by atoms with Crippen molar-refractivity contribution in [3.8, 4) is 5.69 Å². The Morgan fingerprint density at radius 2 is 1.91 bits per heavy atom. The molecule has 0 bridgehead atoms. The Kier molecular flexibility index (Phi) is 5.92. The number of carbonyl (C=O) groups is 4. The van der Waals surface area contributed by atoms with Gasteiger partial charge >= 0.3 is 6.03 Å². The normalized spacial score (nSPS) is 22.4. The van der Waals surface area contributed by atoms with E-state index in [0.717, 1.165) is 29.9 Å². The van der Waals surface area contributed by atoms with Crippen LogP contribution in [-0.4, -0.2) is 50.5 Å². The summed E-state index contributed by atoms with van der Waals surface area (Å²) in [6.07, 6.45) is 3.39. The van der Waals surface area contributed by atoms with Gasteiger partial charge in [0.1, 0.15) is 17.9 Å². The van der Waals surface area contributed by atoms with E-state index in [1.54, 1.807) is 35.0 Å². The van der Waals surface area contributed by atoms with Crippen molar-refractivity contribution >= 4 is 35.3 Å². The molecule has 1 aromatic carbocycles. The predicted octanol–water partition coefficient (Wildman–Crippen LogP) is 2.58. The van der Waals surface area contributed by atoms with Crippen LogP contribution in [0.5, 0.6) is 0 Å². The Balaban J connectivity index is 1.42. The number of carbonyl (C=O) groups excluding carboxylic acids is 4. The summed E-state index contributed by atoms with van der Waals surface area (Å²) in [5, 5.41) is 12.7. The maximum atomic E-state index is 13.0. The Labute approximate surface area is 191 Å². The first-order valence-electron chi connectivity index (χ1n) is 11.1. The maximum absolute atomic E-state index is 13.0. The number of anilines is 2. The molecular formula is C23H28N6O4. The zero-order valence-corrected chi connectivity index (χ0v) is 19.0. The fourth-order valence-electron chi connectivity index (χ4n) is 4.63. The molecule has 10 nitrogen and oxygen atoms in total. The van der Waals surface area contributed by atoms with E-state index in [-0.39, 0.29) is 24.3 Å². The van der Waals surface area contributed by atoms with Crippen LogP contribution in [0.25, 0.3) is 5.69 Å². The molecule has 174 valence electrons. The highest BCUT2D eigenvalue weighted by Gasteiger charge is 2.55. The minimum absolute atomic E-state index is 0.0385. The highest BCUT2D eigenvalue weighted by atomic mass is 16.2. The van der Waals surface area contributed by atoms with Crippen LogP contribution in [-0.2, 0) is 14.4 Å². The summed E-state index contributed by atoms with van der Waals surface area (Å²) >= 11 is 0. The number of aryl methyl sites for hydroxylation is 1. The first-order chi connectivity index (χ1) is 15.7. The maximum Gasteiger partial charge on any atom is 0.325 e. The van der Waals surface area contributed by atoms with Crippen LogP contribution in [0.3, 0.4) is 0 Å². The van der Waals surface area contributed by atoms with Crippen LogP contribution >= 0.6 is 0 Å². The fourth-order valence-corrected chi connectivity index (χ4v) is 4.63. The summed E-state index contributed by atoms with van der Waals surface area (Å²) in [7, 11) is 0. The van der Waals surface area contributed by atoms with Gasteiger partial charge in [-0.3, -0.25) is 19.3 Å². The zero-order valence-electron chi connectivity index (χ0n) is 19.0. The number of aromatic nitrogens is 2. The molecular weight excluding hydrogens is 424 g/mol. The number of hydrogen-bond donors (Lipinski definition) is 3. The van der Waals surface area contributed by atoms with Crippen molar-refractivity contribution < 1.29 is 19.2 Å². The van der Waals surface area contributed by atoms with Gasteiger partial charge in [0.2, 0.25) is 11.8 Å². The van der Waals surface area contributed by atoms with E-state index in [4.69, 9.17) is 0 Å². The quantitative estimate of drug-likeness (QED) is 0.601. The molecule has 0 unspecified atom stereocenters. The lowest BCUT2D eigenvalue weighted by molar-refractivity contribution is -0.136. The third-order valence-corrected chi connectivity index (χ3v) is 6.33. The first-order valence-corrected chi connectivity index (χ1v) is 11.1. The SMILES string of the molecule is CC(=O)Nc1cc(C)nn1-c1ccc(NC(=O)CN2C(=O)N[C@]3(CCCC[C@@H]3C)C2=O)cc1. The van der Waals surface area contributed by atoms with Crippen molar-refractivity contribution in [2.45, 2.75) is 52.0 Å². The Hall–Kier alpha value is -3.69. The smallest absolute Gasteiger partial charge is 0.325 e. The second-order valence-electron chi connectivity index (χ2n) is 8.80. The molecule has 3 N–H and O–H groups in total. The third kappa shape index (κ3) is 4.33.